The summed E-state index contributed by atoms with van der Waals surface area (Å²) in [4.78, 5) is 14.7. The van der Waals surface area contributed by atoms with Crippen LogP contribution in [0.2, 0.25) is 5.02 Å². The predicted molar refractivity (Wildman–Crippen MR) is 129 cm³/mol. The van der Waals surface area contributed by atoms with Crippen molar-refractivity contribution in [1.82, 2.24) is 10.2 Å². The van der Waals surface area contributed by atoms with Crippen molar-refractivity contribution in [2.75, 3.05) is 38.6 Å². The van der Waals surface area contributed by atoms with Gasteiger partial charge in [0.1, 0.15) is 17.3 Å². The fourth-order valence-electron chi connectivity index (χ4n) is 3.59. The number of methoxy groups -OCH3 is 1. The molecule has 1 aliphatic heterocycles. The third-order valence-electron chi connectivity index (χ3n) is 5.61. The summed E-state index contributed by atoms with van der Waals surface area (Å²) in [5, 5.41) is 3.53. The standard InChI is InChI=1S/C23H30ClN3O5S/c1-15-12-25-16(2)14-32-20-11-17(26-33(29,30)22-8-6-5-7-19(22)24)9-10-18(20)23(28)27(3)13-21(15)31-4/h5-11,15-16,21,25-26H,12-14H2,1-4H3/t15-,16+,21-/m0/s1. The van der Waals surface area contributed by atoms with Gasteiger partial charge in [-0.3, -0.25) is 9.52 Å². The Morgan fingerprint density at radius 2 is 1.94 bits per heavy atom. The van der Waals surface area contributed by atoms with E-state index < -0.39 is 10.0 Å². The van der Waals surface area contributed by atoms with Crippen molar-refractivity contribution in [3.05, 3.63) is 53.1 Å². The van der Waals surface area contributed by atoms with Crippen molar-refractivity contribution in [3.63, 3.8) is 0 Å². The summed E-state index contributed by atoms with van der Waals surface area (Å²) < 4.78 is 39.8. The first-order valence-electron chi connectivity index (χ1n) is 10.7. The summed E-state index contributed by atoms with van der Waals surface area (Å²) in [5.74, 6) is 0.247. The molecule has 3 atom stereocenters. The maximum Gasteiger partial charge on any atom is 0.263 e. The molecule has 0 bridgehead atoms. The summed E-state index contributed by atoms with van der Waals surface area (Å²) in [6, 6.07) is 10.8. The van der Waals surface area contributed by atoms with Crippen LogP contribution in [0, 0.1) is 5.92 Å². The SMILES string of the molecule is CO[C@H]1CN(C)C(=O)c2ccc(NS(=O)(=O)c3ccccc3Cl)cc2OC[C@@H](C)NC[C@@H]1C. The van der Waals surface area contributed by atoms with E-state index in [-0.39, 0.29) is 39.6 Å². The first-order valence-corrected chi connectivity index (χ1v) is 12.5. The largest absolute Gasteiger partial charge is 0.491 e. The molecule has 3 rings (SSSR count). The fraction of sp³-hybridized carbons (Fsp3) is 0.435. The molecule has 1 aliphatic rings. The Kier molecular flexibility index (Phi) is 8.23. The molecule has 0 fully saturated rings. The lowest BCUT2D eigenvalue weighted by Crippen LogP contribution is -2.44. The first kappa shape index (κ1) is 25.3. The number of ether oxygens (including phenoxy) is 2. The number of hydrogen-bond donors (Lipinski definition) is 2. The molecular weight excluding hydrogens is 466 g/mol. The Hall–Kier alpha value is -2.33. The molecule has 8 nitrogen and oxygen atoms in total. The number of nitrogens with one attached hydrogen (secondary N) is 2. The lowest BCUT2D eigenvalue weighted by Gasteiger charge is -2.30. The number of carbonyl (C=O) groups excluding carboxylic acids is 1. The number of hydrogen-bond acceptors (Lipinski definition) is 6. The number of benzene rings is 2. The number of anilines is 1. The van der Waals surface area contributed by atoms with E-state index >= 15 is 0 Å². The van der Waals surface area contributed by atoms with Gasteiger partial charge in [-0.2, -0.15) is 0 Å². The molecule has 0 saturated heterocycles. The second-order valence-corrected chi connectivity index (χ2v) is 10.4. The van der Waals surface area contributed by atoms with Crippen LogP contribution in [-0.2, 0) is 14.8 Å². The molecule has 0 spiro atoms. The Balaban J connectivity index is 1.93. The predicted octanol–water partition coefficient (Wildman–Crippen LogP) is 3.23. The van der Waals surface area contributed by atoms with E-state index in [0.29, 0.717) is 31.0 Å². The highest BCUT2D eigenvalue weighted by Crippen LogP contribution is 2.29. The molecular formula is C23H30ClN3O5S. The van der Waals surface area contributed by atoms with Crippen LogP contribution >= 0.6 is 11.6 Å². The zero-order chi connectivity index (χ0) is 24.2. The number of likely N-dealkylation sites (N-methyl/N-ethyl adjacent to an activating group) is 1. The maximum absolute atomic E-state index is 13.2. The number of carbonyl (C=O) groups is 1. The van der Waals surface area contributed by atoms with E-state index in [1.807, 2.05) is 6.92 Å². The van der Waals surface area contributed by atoms with Gasteiger partial charge >= 0.3 is 0 Å². The van der Waals surface area contributed by atoms with Gasteiger partial charge in [-0.25, -0.2) is 8.42 Å². The summed E-state index contributed by atoms with van der Waals surface area (Å²) in [6.07, 6.45) is -0.135. The summed E-state index contributed by atoms with van der Waals surface area (Å²) >= 11 is 6.07. The lowest BCUT2D eigenvalue weighted by atomic mass is 10.0. The van der Waals surface area contributed by atoms with Gasteiger partial charge in [0.05, 0.1) is 22.4 Å². The van der Waals surface area contributed by atoms with Crippen LogP contribution in [0.25, 0.3) is 0 Å². The van der Waals surface area contributed by atoms with Gasteiger partial charge in [-0.15, -0.1) is 0 Å². The van der Waals surface area contributed by atoms with E-state index in [4.69, 9.17) is 21.1 Å². The minimum Gasteiger partial charge on any atom is -0.491 e. The number of halogens is 1. The Labute approximate surface area is 200 Å². The normalized spacial score (nSPS) is 22.5. The van der Waals surface area contributed by atoms with Crippen molar-refractivity contribution in [3.8, 4) is 5.75 Å². The third-order valence-corrected chi connectivity index (χ3v) is 7.49. The zero-order valence-electron chi connectivity index (χ0n) is 19.2. The second kappa shape index (κ2) is 10.7. The monoisotopic (exact) mass is 495 g/mol. The van der Waals surface area contributed by atoms with Crippen LogP contribution in [0.4, 0.5) is 5.69 Å². The van der Waals surface area contributed by atoms with Crippen molar-refractivity contribution in [2.24, 2.45) is 5.92 Å². The summed E-state index contributed by atoms with van der Waals surface area (Å²) in [5.41, 5.74) is 0.605. The zero-order valence-corrected chi connectivity index (χ0v) is 20.7. The molecule has 2 N–H and O–H groups in total. The molecule has 0 saturated carbocycles. The van der Waals surface area contributed by atoms with E-state index in [0.717, 1.165) is 0 Å². The molecule has 180 valence electrons. The van der Waals surface area contributed by atoms with Crippen molar-refractivity contribution in [2.45, 2.75) is 30.9 Å². The third kappa shape index (κ3) is 6.17. The van der Waals surface area contributed by atoms with Gasteiger partial charge in [0, 0.05) is 39.4 Å². The molecule has 2 aromatic carbocycles. The second-order valence-electron chi connectivity index (χ2n) is 8.30. The Morgan fingerprint density at radius 1 is 1.21 bits per heavy atom. The van der Waals surface area contributed by atoms with Crippen LogP contribution in [-0.4, -0.2) is 65.2 Å². The Bertz CT molecular complexity index is 1100. The van der Waals surface area contributed by atoms with E-state index in [1.54, 1.807) is 37.3 Å². The fourth-order valence-corrected chi connectivity index (χ4v) is 5.16. The molecule has 1 amide bonds. The number of nitrogens with zero attached hydrogens (tertiary/aromatic N) is 1. The van der Waals surface area contributed by atoms with Gasteiger partial charge in [0.2, 0.25) is 0 Å². The maximum atomic E-state index is 13.2. The van der Waals surface area contributed by atoms with E-state index in [1.165, 1.54) is 24.3 Å². The van der Waals surface area contributed by atoms with Gasteiger partial charge in [-0.05, 0) is 37.1 Å². The van der Waals surface area contributed by atoms with Crippen LogP contribution < -0.4 is 14.8 Å². The highest BCUT2D eigenvalue weighted by molar-refractivity contribution is 7.92. The highest BCUT2D eigenvalue weighted by atomic mass is 35.5. The molecule has 0 aromatic heterocycles. The molecule has 0 unspecified atom stereocenters. The van der Waals surface area contributed by atoms with Crippen LogP contribution in [0.15, 0.2) is 47.4 Å². The van der Waals surface area contributed by atoms with Crippen LogP contribution in [0.3, 0.4) is 0 Å². The van der Waals surface area contributed by atoms with Crippen LogP contribution in [0.1, 0.15) is 24.2 Å². The average molecular weight is 496 g/mol. The number of sulfonamides is 1. The number of fused-ring (bicyclic) bond motifs is 1. The van der Waals surface area contributed by atoms with Crippen molar-refractivity contribution < 1.29 is 22.7 Å². The smallest absolute Gasteiger partial charge is 0.263 e. The topological polar surface area (TPSA) is 97.0 Å². The van der Waals surface area contributed by atoms with Crippen molar-refractivity contribution in [1.29, 1.82) is 0 Å². The Morgan fingerprint density at radius 3 is 2.64 bits per heavy atom. The van der Waals surface area contributed by atoms with E-state index in [2.05, 4.69) is 17.0 Å². The lowest BCUT2D eigenvalue weighted by molar-refractivity contribution is 0.0281. The average Bonchev–Trinajstić information content (AvgIpc) is 2.78. The van der Waals surface area contributed by atoms with E-state index in [9.17, 15) is 13.2 Å². The minimum atomic E-state index is -3.92. The molecule has 0 aliphatic carbocycles. The van der Waals surface area contributed by atoms with Gasteiger partial charge in [0.15, 0.2) is 0 Å². The first-order chi connectivity index (χ1) is 15.6. The number of rotatable bonds is 4. The van der Waals surface area contributed by atoms with Crippen LogP contribution in [0.5, 0.6) is 5.75 Å². The summed E-state index contributed by atoms with van der Waals surface area (Å²) in [6.45, 7) is 5.47. The molecule has 2 aromatic rings. The highest BCUT2D eigenvalue weighted by Gasteiger charge is 2.26. The minimum absolute atomic E-state index is 0.00791. The molecule has 33 heavy (non-hydrogen) atoms. The quantitative estimate of drug-likeness (QED) is 0.676. The molecule has 10 heteroatoms. The molecule has 0 radical (unpaired) electrons. The van der Waals surface area contributed by atoms with Crippen molar-refractivity contribution >= 4 is 33.2 Å². The van der Waals surface area contributed by atoms with Gasteiger partial charge < -0.3 is 19.7 Å². The van der Waals surface area contributed by atoms with Gasteiger partial charge in [-0.1, -0.05) is 30.7 Å². The molecule has 1 heterocycles. The summed E-state index contributed by atoms with van der Waals surface area (Å²) in [7, 11) is -0.573. The van der Waals surface area contributed by atoms with Gasteiger partial charge in [0.25, 0.3) is 15.9 Å². The number of amides is 1.